The van der Waals surface area contributed by atoms with Gasteiger partial charge in [0.25, 0.3) is 0 Å². The van der Waals surface area contributed by atoms with Crippen LogP contribution in [0.5, 0.6) is 0 Å². The third-order valence-electron chi connectivity index (χ3n) is 4.45. The number of nitrogens with one attached hydrogen (secondary N) is 1. The first kappa shape index (κ1) is 15.6. The summed E-state index contributed by atoms with van der Waals surface area (Å²) in [6, 6.07) is 8.09. The average Bonchev–Trinajstić information content (AvgIpc) is 3.38. The molecule has 0 atom stereocenters. The highest BCUT2D eigenvalue weighted by atomic mass is 16.5. The Morgan fingerprint density at radius 3 is 2.76 bits per heavy atom. The molecular formula is C18H19N5O2. The normalized spacial score (nSPS) is 14.7. The summed E-state index contributed by atoms with van der Waals surface area (Å²) in [5.74, 6) is 0.150. The quantitative estimate of drug-likeness (QED) is 0.773. The number of hydrogen-bond acceptors (Lipinski definition) is 5. The molecule has 1 saturated carbocycles. The highest BCUT2D eigenvalue weighted by Gasteiger charge is 2.22. The van der Waals surface area contributed by atoms with E-state index in [2.05, 4.69) is 20.4 Å². The first-order chi connectivity index (χ1) is 12.3. The topological polar surface area (TPSA) is 85.8 Å². The SMILES string of the molecule is O=C(NC1CCCC1)c1nc(-c2ccc(Cn3ccnc3)cc2)no1. The lowest BCUT2D eigenvalue weighted by Gasteiger charge is -2.08. The number of rotatable bonds is 5. The third-order valence-corrected chi connectivity index (χ3v) is 4.45. The summed E-state index contributed by atoms with van der Waals surface area (Å²) in [6.45, 7) is 0.752. The Hall–Kier alpha value is -2.96. The zero-order valence-corrected chi connectivity index (χ0v) is 13.8. The minimum atomic E-state index is -0.289. The minimum Gasteiger partial charge on any atom is -0.345 e. The van der Waals surface area contributed by atoms with Gasteiger partial charge in [0.2, 0.25) is 5.82 Å². The van der Waals surface area contributed by atoms with E-state index in [1.54, 1.807) is 12.5 Å². The van der Waals surface area contributed by atoms with Gasteiger partial charge in [0, 0.05) is 30.5 Å². The van der Waals surface area contributed by atoms with Crippen molar-refractivity contribution in [2.24, 2.45) is 0 Å². The van der Waals surface area contributed by atoms with Crippen molar-refractivity contribution in [1.29, 1.82) is 0 Å². The molecule has 1 aromatic carbocycles. The van der Waals surface area contributed by atoms with E-state index >= 15 is 0 Å². The molecule has 0 radical (unpaired) electrons. The number of benzene rings is 1. The Kier molecular flexibility index (Phi) is 4.28. The summed E-state index contributed by atoms with van der Waals surface area (Å²) in [5, 5.41) is 6.88. The summed E-state index contributed by atoms with van der Waals surface area (Å²) < 4.78 is 7.12. The van der Waals surface area contributed by atoms with Crippen LogP contribution in [0.2, 0.25) is 0 Å². The van der Waals surface area contributed by atoms with Crippen molar-refractivity contribution in [3.63, 3.8) is 0 Å². The monoisotopic (exact) mass is 337 g/mol. The zero-order chi connectivity index (χ0) is 17.1. The van der Waals surface area contributed by atoms with E-state index in [-0.39, 0.29) is 17.8 Å². The van der Waals surface area contributed by atoms with Crippen LogP contribution in [-0.2, 0) is 6.54 Å². The molecule has 25 heavy (non-hydrogen) atoms. The molecule has 0 bridgehead atoms. The van der Waals surface area contributed by atoms with Crippen molar-refractivity contribution in [3.05, 3.63) is 54.4 Å². The fraction of sp³-hybridized carbons (Fsp3) is 0.333. The molecule has 4 rings (SSSR count). The van der Waals surface area contributed by atoms with Crippen LogP contribution in [0.1, 0.15) is 41.9 Å². The first-order valence-electron chi connectivity index (χ1n) is 8.47. The maximum atomic E-state index is 12.2. The van der Waals surface area contributed by atoms with Crippen molar-refractivity contribution >= 4 is 5.91 Å². The molecule has 128 valence electrons. The number of carbonyl (C=O) groups excluding carboxylic acids is 1. The number of amides is 1. The van der Waals surface area contributed by atoms with Crippen LogP contribution < -0.4 is 5.32 Å². The largest absolute Gasteiger partial charge is 0.345 e. The molecule has 0 saturated heterocycles. The molecule has 1 aliphatic rings. The Balaban J connectivity index is 1.43. The molecule has 2 heterocycles. The van der Waals surface area contributed by atoms with E-state index in [0.29, 0.717) is 5.82 Å². The van der Waals surface area contributed by atoms with Crippen molar-refractivity contribution in [2.45, 2.75) is 38.3 Å². The second-order valence-corrected chi connectivity index (χ2v) is 6.31. The second kappa shape index (κ2) is 6.88. The lowest BCUT2D eigenvalue weighted by molar-refractivity contribution is 0.0893. The van der Waals surface area contributed by atoms with Crippen LogP contribution in [-0.4, -0.2) is 31.6 Å². The maximum Gasteiger partial charge on any atom is 0.316 e. The van der Waals surface area contributed by atoms with E-state index in [1.165, 1.54) is 0 Å². The predicted octanol–water partition coefficient (Wildman–Crippen LogP) is 2.65. The van der Waals surface area contributed by atoms with E-state index in [1.807, 2.05) is 35.0 Å². The Morgan fingerprint density at radius 2 is 2.04 bits per heavy atom. The summed E-state index contributed by atoms with van der Waals surface area (Å²) >= 11 is 0. The summed E-state index contributed by atoms with van der Waals surface area (Å²) in [5.41, 5.74) is 1.96. The predicted molar refractivity (Wildman–Crippen MR) is 90.8 cm³/mol. The van der Waals surface area contributed by atoms with Gasteiger partial charge in [0.15, 0.2) is 0 Å². The molecular weight excluding hydrogens is 318 g/mol. The summed E-state index contributed by atoms with van der Waals surface area (Å²) in [6.07, 6.45) is 9.81. The number of nitrogens with zero attached hydrogens (tertiary/aromatic N) is 4. The van der Waals surface area contributed by atoms with Gasteiger partial charge in [-0.1, -0.05) is 42.3 Å². The maximum absolute atomic E-state index is 12.2. The van der Waals surface area contributed by atoms with Gasteiger partial charge in [-0.3, -0.25) is 4.79 Å². The van der Waals surface area contributed by atoms with Gasteiger partial charge < -0.3 is 14.4 Å². The first-order valence-corrected chi connectivity index (χ1v) is 8.47. The van der Waals surface area contributed by atoms with Crippen LogP contribution in [0, 0.1) is 0 Å². The molecule has 1 aliphatic carbocycles. The Morgan fingerprint density at radius 1 is 1.24 bits per heavy atom. The van der Waals surface area contributed by atoms with Gasteiger partial charge >= 0.3 is 11.8 Å². The molecule has 1 fully saturated rings. The summed E-state index contributed by atoms with van der Waals surface area (Å²) in [7, 11) is 0. The number of aromatic nitrogens is 4. The number of hydrogen-bond donors (Lipinski definition) is 1. The van der Waals surface area contributed by atoms with Crippen molar-refractivity contribution in [3.8, 4) is 11.4 Å². The van der Waals surface area contributed by atoms with E-state index in [0.717, 1.165) is 43.4 Å². The highest BCUT2D eigenvalue weighted by Crippen LogP contribution is 2.19. The number of carbonyl (C=O) groups is 1. The molecule has 3 aromatic rings. The van der Waals surface area contributed by atoms with Crippen molar-refractivity contribution in [1.82, 2.24) is 25.0 Å². The smallest absolute Gasteiger partial charge is 0.316 e. The molecule has 0 unspecified atom stereocenters. The van der Waals surface area contributed by atoms with E-state index in [4.69, 9.17) is 4.52 Å². The lowest BCUT2D eigenvalue weighted by atomic mass is 10.1. The molecule has 7 heteroatoms. The molecule has 1 amide bonds. The zero-order valence-electron chi connectivity index (χ0n) is 13.8. The van der Waals surface area contributed by atoms with Gasteiger partial charge in [-0.25, -0.2) is 4.98 Å². The van der Waals surface area contributed by atoms with Gasteiger partial charge in [-0.05, 0) is 18.4 Å². The van der Waals surface area contributed by atoms with E-state index < -0.39 is 0 Å². The Bertz CT molecular complexity index is 833. The van der Waals surface area contributed by atoms with Crippen LogP contribution in [0.4, 0.5) is 0 Å². The van der Waals surface area contributed by atoms with Crippen molar-refractivity contribution < 1.29 is 9.32 Å². The molecule has 1 N–H and O–H groups in total. The third kappa shape index (κ3) is 3.60. The fourth-order valence-electron chi connectivity index (χ4n) is 3.10. The van der Waals surface area contributed by atoms with Gasteiger partial charge in [0.1, 0.15) is 0 Å². The van der Waals surface area contributed by atoms with Crippen LogP contribution in [0.25, 0.3) is 11.4 Å². The number of imidazole rings is 1. The van der Waals surface area contributed by atoms with Gasteiger partial charge in [0.05, 0.1) is 6.33 Å². The molecule has 0 aliphatic heterocycles. The van der Waals surface area contributed by atoms with E-state index in [9.17, 15) is 4.79 Å². The average molecular weight is 337 g/mol. The Labute approximate surface area is 145 Å². The molecule has 0 spiro atoms. The molecule has 7 nitrogen and oxygen atoms in total. The summed E-state index contributed by atoms with van der Waals surface area (Å²) in [4.78, 5) is 20.4. The van der Waals surface area contributed by atoms with Crippen LogP contribution in [0.3, 0.4) is 0 Å². The van der Waals surface area contributed by atoms with Gasteiger partial charge in [-0.15, -0.1) is 0 Å². The highest BCUT2D eigenvalue weighted by molar-refractivity contribution is 5.90. The fourth-order valence-corrected chi connectivity index (χ4v) is 3.10. The van der Waals surface area contributed by atoms with Crippen LogP contribution in [0.15, 0.2) is 47.5 Å². The lowest BCUT2D eigenvalue weighted by Crippen LogP contribution is -2.32. The second-order valence-electron chi connectivity index (χ2n) is 6.31. The van der Waals surface area contributed by atoms with Crippen molar-refractivity contribution in [2.75, 3.05) is 0 Å². The standard InChI is InChI=1S/C18H19N5O2/c24-17(20-15-3-1-2-4-15)18-21-16(22-25-18)14-7-5-13(6-8-14)11-23-10-9-19-12-23/h5-10,12,15H,1-4,11H2,(H,20,24). The van der Waals surface area contributed by atoms with Crippen LogP contribution >= 0.6 is 0 Å². The molecule has 2 aromatic heterocycles. The van der Waals surface area contributed by atoms with Gasteiger partial charge in [-0.2, -0.15) is 4.98 Å². The minimum absolute atomic E-state index is 0.0180.